The van der Waals surface area contributed by atoms with E-state index in [2.05, 4.69) is 15.0 Å². The molecule has 0 aliphatic carbocycles. The molecule has 0 saturated heterocycles. The van der Waals surface area contributed by atoms with Crippen molar-refractivity contribution in [1.29, 1.82) is 0 Å². The van der Waals surface area contributed by atoms with Crippen LogP contribution in [0.5, 0.6) is 5.75 Å². The Labute approximate surface area is 240 Å². The number of likely N-dealkylation sites (N-methyl/N-ethyl adjacent to an activating group) is 1. The molecule has 2 aromatic carbocycles. The van der Waals surface area contributed by atoms with Gasteiger partial charge in [-0.15, -0.1) is 0 Å². The number of benzene rings is 2. The van der Waals surface area contributed by atoms with Gasteiger partial charge in [0.2, 0.25) is 5.91 Å². The third kappa shape index (κ3) is 7.35. The van der Waals surface area contributed by atoms with Crippen LogP contribution in [0.2, 0.25) is 0 Å². The molecule has 1 aliphatic rings. The summed E-state index contributed by atoms with van der Waals surface area (Å²) >= 11 is 0. The Hall–Kier alpha value is -4.10. The van der Waals surface area contributed by atoms with Gasteiger partial charge in [0.25, 0.3) is 10.0 Å². The molecule has 3 aromatic rings. The fourth-order valence-corrected chi connectivity index (χ4v) is 5.57. The molecule has 1 aromatic heterocycles. The van der Waals surface area contributed by atoms with Crippen LogP contribution in [-0.2, 0) is 28.3 Å². The molecule has 0 saturated carbocycles. The Morgan fingerprint density at radius 2 is 1.95 bits per heavy atom. The number of imidazole rings is 1. The Balaban J connectivity index is 1.62. The van der Waals surface area contributed by atoms with Gasteiger partial charge in [-0.2, -0.15) is 8.42 Å². The van der Waals surface area contributed by atoms with Crippen LogP contribution in [0.1, 0.15) is 19.4 Å². The second-order valence-electron chi connectivity index (χ2n) is 10.4. The summed E-state index contributed by atoms with van der Waals surface area (Å²) in [5.41, 5.74) is 1.38. The van der Waals surface area contributed by atoms with Crippen LogP contribution in [0.15, 0.2) is 66.1 Å². The van der Waals surface area contributed by atoms with E-state index in [0.29, 0.717) is 23.5 Å². The summed E-state index contributed by atoms with van der Waals surface area (Å²) in [5, 5.41) is 12.6. The van der Waals surface area contributed by atoms with Gasteiger partial charge in [0.15, 0.2) is 5.03 Å². The molecule has 0 unspecified atom stereocenters. The number of nitrogens with zero attached hydrogens (tertiary/aromatic N) is 4. The zero-order chi connectivity index (χ0) is 29.7. The van der Waals surface area contributed by atoms with Crippen molar-refractivity contribution in [3.8, 4) is 5.75 Å². The Kier molecular flexibility index (Phi) is 9.18. The summed E-state index contributed by atoms with van der Waals surface area (Å²) in [7, 11) is -0.625. The number of carbonyl (C=O) groups excluding carboxylic acids is 2. The number of rotatable bonds is 8. The third-order valence-electron chi connectivity index (χ3n) is 6.95. The summed E-state index contributed by atoms with van der Waals surface area (Å²) in [5.74, 6) is -0.0385. The Morgan fingerprint density at radius 1 is 1.22 bits per heavy atom. The summed E-state index contributed by atoms with van der Waals surface area (Å²) in [6.07, 6.45) is 2.19. The average molecular weight is 585 g/mol. The minimum atomic E-state index is -3.96. The molecule has 2 heterocycles. The minimum absolute atomic E-state index is 0.0669. The molecule has 3 amide bonds. The second-order valence-corrected chi connectivity index (χ2v) is 12.0. The number of aliphatic hydroxyl groups is 1. The molecule has 0 bridgehead atoms. The van der Waals surface area contributed by atoms with Crippen LogP contribution in [0.25, 0.3) is 0 Å². The number of para-hydroxylation sites is 1. The molecule has 3 N–H and O–H groups in total. The van der Waals surface area contributed by atoms with E-state index in [1.807, 2.05) is 25.1 Å². The number of fused-ring (bicyclic) bond motifs is 1. The molecule has 1 aliphatic heterocycles. The van der Waals surface area contributed by atoms with E-state index in [4.69, 9.17) is 4.74 Å². The number of aryl methyl sites for hydroxylation is 1. The lowest BCUT2D eigenvalue weighted by molar-refractivity contribution is -0.134. The molecule has 0 spiro atoms. The predicted octanol–water partition coefficient (Wildman–Crippen LogP) is 2.53. The van der Waals surface area contributed by atoms with E-state index in [9.17, 15) is 23.1 Å². The Bertz CT molecular complexity index is 1480. The van der Waals surface area contributed by atoms with Crippen LogP contribution in [-0.4, -0.2) is 83.7 Å². The zero-order valence-electron chi connectivity index (χ0n) is 23.5. The number of anilines is 2. The fourth-order valence-electron chi connectivity index (χ4n) is 4.54. The standard InChI is InChI=1S/C28H36N6O6S/c1-19-14-34(20(2)17-35)27(36)13-21-12-23(31-41(38,39)26-16-32(3)18-29-26)10-11-24(21)40-25(19)15-33(4)28(37)30-22-8-6-5-7-9-22/h5-12,16,18-20,25,31,35H,13-15,17H2,1-4H3,(H,30,37)/t19-,20-,25+/m1/s1. The lowest BCUT2D eigenvalue weighted by atomic mass is 10.0. The summed E-state index contributed by atoms with van der Waals surface area (Å²) in [6, 6.07) is 13.1. The predicted molar refractivity (Wildman–Crippen MR) is 154 cm³/mol. The van der Waals surface area contributed by atoms with Gasteiger partial charge in [-0.25, -0.2) is 9.78 Å². The van der Waals surface area contributed by atoms with Crippen LogP contribution >= 0.6 is 0 Å². The maximum atomic E-state index is 13.4. The van der Waals surface area contributed by atoms with Crippen LogP contribution in [0.4, 0.5) is 16.2 Å². The van der Waals surface area contributed by atoms with E-state index in [1.165, 1.54) is 22.0 Å². The number of hydrogen-bond acceptors (Lipinski definition) is 7. The van der Waals surface area contributed by atoms with Gasteiger partial charge in [-0.1, -0.05) is 25.1 Å². The first-order valence-electron chi connectivity index (χ1n) is 13.2. The minimum Gasteiger partial charge on any atom is -0.488 e. The fraction of sp³-hybridized carbons (Fsp3) is 0.393. The topological polar surface area (TPSA) is 146 Å². The van der Waals surface area contributed by atoms with E-state index < -0.39 is 22.2 Å². The van der Waals surface area contributed by atoms with Crippen molar-refractivity contribution in [2.75, 3.05) is 36.8 Å². The quantitative estimate of drug-likeness (QED) is 0.369. The first-order valence-corrected chi connectivity index (χ1v) is 14.7. The third-order valence-corrected chi connectivity index (χ3v) is 8.22. The lowest BCUT2D eigenvalue weighted by Crippen LogP contribution is -2.48. The molecule has 3 atom stereocenters. The van der Waals surface area contributed by atoms with E-state index in [-0.39, 0.29) is 48.1 Å². The molecule has 220 valence electrons. The van der Waals surface area contributed by atoms with Crippen molar-refractivity contribution in [2.24, 2.45) is 13.0 Å². The maximum absolute atomic E-state index is 13.4. The van der Waals surface area contributed by atoms with Crippen LogP contribution in [0.3, 0.4) is 0 Å². The average Bonchev–Trinajstić information content (AvgIpc) is 3.40. The normalized spacial score (nSPS) is 18.3. The van der Waals surface area contributed by atoms with Gasteiger partial charge in [-0.05, 0) is 37.3 Å². The monoisotopic (exact) mass is 584 g/mol. The van der Waals surface area contributed by atoms with Crippen LogP contribution < -0.4 is 14.8 Å². The molecule has 41 heavy (non-hydrogen) atoms. The SMILES string of the molecule is C[C@@H]1CN([C@H](C)CO)C(=O)Cc2cc(NS(=O)(=O)c3cn(C)cn3)ccc2O[C@H]1CN(C)C(=O)Nc1ccccc1. The number of urea groups is 1. The first kappa shape index (κ1) is 29.9. The largest absolute Gasteiger partial charge is 0.488 e. The van der Waals surface area contributed by atoms with Crippen molar-refractivity contribution in [1.82, 2.24) is 19.4 Å². The van der Waals surface area contributed by atoms with Gasteiger partial charge in [-0.3, -0.25) is 9.52 Å². The van der Waals surface area contributed by atoms with Gasteiger partial charge < -0.3 is 29.5 Å². The first-order chi connectivity index (χ1) is 19.5. The van der Waals surface area contributed by atoms with E-state index in [1.54, 1.807) is 56.3 Å². The number of nitrogens with one attached hydrogen (secondary N) is 2. The van der Waals surface area contributed by atoms with Crippen molar-refractivity contribution in [3.63, 3.8) is 0 Å². The number of ether oxygens (including phenoxy) is 1. The van der Waals surface area contributed by atoms with Crippen molar-refractivity contribution in [3.05, 3.63) is 66.6 Å². The number of aromatic nitrogens is 2. The number of amides is 3. The maximum Gasteiger partial charge on any atom is 0.321 e. The van der Waals surface area contributed by atoms with Gasteiger partial charge >= 0.3 is 6.03 Å². The number of hydrogen-bond donors (Lipinski definition) is 3. The number of carbonyl (C=O) groups is 2. The van der Waals surface area contributed by atoms with Crippen LogP contribution in [0, 0.1) is 5.92 Å². The molecular weight excluding hydrogens is 548 g/mol. The highest BCUT2D eigenvalue weighted by Gasteiger charge is 2.32. The molecule has 13 heteroatoms. The Morgan fingerprint density at radius 3 is 2.61 bits per heavy atom. The summed E-state index contributed by atoms with van der Waals surface area (Å²) in [4.78, 5) is 33.4. The molecule has 0 radical (unpaired) electrons. The van der Waals surface area contributed by atoms with Crippen molar-refractivity contribution in [2.45, 2.75) is 37.4 Å². The number of aliphatic hydroxyl groups excluding tert-OH is 1. The second kappa shape index (κ2) is 12.6. The highest BCUT2D eigenvalue weighted by molar-refractivity contribution is 7.92. The summed E-state index contributed by atoms with van der Waals surface area (Å²) < 4.78 is 36.2. The molecule has 0 fully saturated rings. The van der Waals surface area contributed by atoms with Gasteiger partial charge in [0, 0.05) is 49.7 Å². The van der Waals surface area contributed by atoms with Crippen molar-refractivity contribution >= 4 is 33.3 Å². The highest BCUT2D eigenvalue weighted by atomic mass is 32.2. The molecular formula is C28H36N6O6S. The lowest BCUT2D eigenvalue weighted by Gasteiger charge is -2.34. The number of sulfonamides is 1. The van der Waals surface area contributed by atoms with E-state index in [0.717, 1.165) is 0 Å². The van der Waals surface area contributed by atoms with Gasteiger partial charge in [0.05, 0.1) is 31.9 Å². The molecule has 4 rings (SSSR count). The smallest absolute Gasteiger partial charge is 0.321 e. The van der Waals surface area contributed by atoms with Gasteiger partial charge in [0.1, 0.15) is 11.9 Å². The zero-order valence-corrected chi connectivity index (χ0v) is 24.3. The summed E-state index contributed by atoms with van der Waals surface area (Å²) in [6.45, 7) is 3.98. The van der Waals surface area contributed by atoms with E-state index >= 15 is 0 Å². The molecule has 12 nitrogen and oxygen atoms in total. The highest BCUT2D eigenvalue weighted by Crippen LogP contribution is 2.30. The van der Waals surface area contributed by atoms with Crippen molar-refractivity contribution < 1.29 is 27.9 Å².